The molecule has 0 saturated carbocycles. The van der Waals surface area contributed by atoms with Crippen LogP contribution < -0.4 is 10.5 Å². The summed E-state index contributed by atoms with van der Waals surface area (Å²) in [5.74, 6) is 0.433. The van der Waals surface area contributed by atoms with Crippen LogP contribution in [0.3, 0.4) is 0 Å². The number of rotatable bonds is 2. The minimum absolute atomic E-state index is 0.0316. The number of carbonyl (C=O) groups is 1. The maximum Gasteiger partial charge on any atom is 0.236 e. The number of nitrogens with two attached hydrogens (primary N) is 1. The van der Waals surface area contributed by atoms with Crippen molar-refractivity contribution in [1.82, 2.24) is 4.90 Å². The van der Waals surface area contributed by atoms with Crippen LogP contribution in [0.1, 0.15) is 5.56 Å². The number of carbonyl (C=O) groups excluding carboxylic acids is 1. The van der Waals surface area contributed by atoms with Crippen molar-refractivity contribution in [1.29, 1.82) is 0 Å². The predicted molar refractivity (Wildman–Crippen MR) is 98.9 cm³/mol. The fourth-order valence-corrected chi connectivity index (χ4v) is 4.17. The van der Waals surface area contributed by atoms with E-state index in [2.05, 4.69) is 17.5 Å². The number of amides is 1. The van der Waals surface area contributed by atoms with Gasteiger partial charge in [-0.25, -0.2) is 0 Å². The molecule has 0 radical (unpaired) electrons. The zero-order valence-corrected chi connectivity index (χ0v) is 14.4. The van der Waals surface area contributed by atoms with Gasteiger partial charge in [-0.3, -0.25) is 4.79 Å². The lowest BCUT2D eigenvalue weighted by atomic mass is 10.0. The quantitative estimate of drug-likeness (QED) is 0.742. The van der Waals surface area contributed by atoms with Crippen LogP contribution in [0.2, 0.25) is 0 Å². The Morgan fingerprint density at radius 3 is 3.00 bits per heavy atom. The molecule has 25 heavy (non-hydrogen) atoms. The normalized spacial score (nSPS) is 14.0. The second kappa shape index (κ2) is 6.38. The van der Waals surface area contributed by atoms with Crippen LogP contribution in [-0.2, 0) is 11.3 Å². The Balaban J connectivity index is 1.80. The van der Waals surface area contributed by atoms with E-state index in [0.717, 1.165) is 22.1 Å². The summed E-state index contributed by atoms with van der Waals surface area (Å²) in [6.07, 6.45) is 0. The Labute approximate surface area is 149 Å². The van der Waals surface area contributed by atoms with E-state index in [0.29, 0.717) is 25.4 Å². The maximum atomic E-state index is 12.0. The molecule has 0 unspecified atom stereocenters. The molecule has 1 aliphatic heterocycles. The van der Waals surface area contributed by atoms with Gasteiger partial charge in [0.05, 0.1) is 13.1 Å². The predicted octanol–water partition coefficient (Wildman–Crippen LogP) is 2.95. The van der Waals surface area contributed by atoms with Gasteiger partial charge in [-0.1, -0.05) is 18.2 Å². The third kappa shape index (κ3) is 2.83. The monoisotopic (exact) mass is 354 g/mol. The summed E-state index contributed by atoms with van der Waals surface area (Å²) < 4.78 is 6.88. The van der Waals surface area contributed by atoms with Gasteiger partial charge in [0, 0.05) is 27.8 Å². The molecule has 0 spiro atoms. The molecule has 0 aliphatic carbocycles. The molecule has 0 atom stereocenters. The van der Waals surface area contributed by atoms with Gasteiger partial charge in [0.2, 0.25) is 5.91 Å². The lowest BCUT2D eigenvalue weighted by molar-refractivity contribution is -0.130. The Morgan fingerprint density at radius 1 is 1.32 bits per heavy atom. The lowest BCUT2D eigenvalue weighted by Gasteiger charge is -2.19. The SMILES string of the molecule is NCC(=O)N1CCOc2c(O)cc(-c3csc4ccccc34)cc2C1. The van der Waals surface area contributed by atoms with Gasteiger partial charge in [-0.2, -0.15) is 0 Å². The van der Waals surface area contributed by atoms with Crippen molar-refractivity contribution in [3.8, 4) is 22.6 Å². The van der Waals surface area contributed by atoms with Gasteiger partial charge in [-0.15, -0.1) is 11.3 Å². The number of nitrogens with zero attached hydrogens (tertiary/aromatic N) is 1. The largest absolute Gasteiger partial charge is 0.504 e. The average Bonchev–Trinajstić information content (AvgIpc) is 2.93. The minimum Gasteiger partial charge on any atom is -0.504 e. The molecule has 1 aromatic heterocycles. The summed E-state index contributed by atoms with van der Waals surface area (Å²) in [5.41, 5.74) is 8.27. The fourth-order valence-electron chi connectivity index (χ4n) is 3.20. The zero-order chi connectivity index (χ0) is 17.4. The van der Waals surface area contributed by atoms with E-state index in [1.54, 1.807) is 22.3 Å². The Morgan fingerprint density at radius 2 is 2.16 bits per heavy atom. The highest BCUT2D eigenvalue weighted by atomic mass is 32.1. The van der Waals surface area contributed by atoms with Crippen LogP contribution in [0.25, 0.3) is 21.2 Å². The standard InChI is InChI=1S/C19H18N2O3S/c20-9-18(23)21-5-6-24-19-13(10-21)7-12(8-16(19)22)15-11-25-17-4-2-1-3-14(15)17/h1-4,7-8,11,22H,5-6,9-10,20H2. The first-order chi connectivity index (χ1) is 12.2. The second-order valence-corrected chi connectivity index (χ2v) is 6.91. The first-order valence-electron chi connectivity index (χ1n) is 8.10. The molecule has 3 aromatic rings. The number of benzene rings is 2. The Hall–Kier alpha value is -2.57. The molecule has 1 amide bonds. The Kier molecular flexibility index (Phi) is 4.07. The van der Waals surface area contributed by atoms with Gasteiger partial charge >= 0.3 is 0 Å². The number of ether oxygens (including phenoxy) is 1. The lowest BCUT2D eigenvalue weighted by Crippen LogP contribution is -2.36. The van der Waals surface area contributed by atoms with Crippen LogP contribution >= 0.6 is 11.3 Å². The van der Waals surface area contributed by atoms with Crippen LogP contribution in [0.5, 0.6) is 11.5 Å². The molecule has 2 heterocycles. The van der Waals surface area contributed by atoms with E-state index in [-0.39, 0.29) is 18.2 Å². The first-order valence-corrected chi connectivity index (χ1v) is 8.98. The summed E-state index contributed by atoms with van der Waals surface area (Å²) in [6, 6.07) is 11.9. The fraction of sp³-hybridized carbons (Fsp3) is 0.211. The average molecular weight is 354 g/mol. The van der Waals surface area contributed by atoms with Crippen LogP contribution in [0.15, 0.2) is 41.8 Å². The van der Waals surface area contributed by atoms with Crippen molar-refractivity contribution < 1.29 is 14.6 Å². The van der Waals surface area contributed by atoms with Crippen molar-refractivity contribution in [2.45, 2.75) is 6.54 Å². The molecule has 5 nitrogen and oxygen atoms in total. The minimum atomic E-state index is -0.123. The highest BCUT2D eigenvalue weighted by Gasteiger charge is 2.22. The third-order valence-corrected chi connectivity index (χ3v) is 5.40. The topological polar surface area (TPSA) is 75.8 Å². The highest BCUT2D eigenvalue weighted by molar-refractivity contribution is 7.17. The van der Waals surface area contributed by atoms with Gasteiger partial charge in [-0.05, 0) is 29.1 Å². The van der Waals surface area contributed by atoms with E-state index < -0.39 is 0 Å². The number of phenols is 1. The summed E-state index contributed by atoms with van der Waals surface area (Å²) in [4.78, 5) is 13.7. The molecular formula is C19H18N2O3S. The van der Waals surface area contributed by atoms with Crippen molar-refractivity contribution in [2.75, 3.05) is 19.7 Å². The maximum absolute atomic E-state index is 12.0. The van der Waals surface area contributed by atoms with E-state index in [4.69, 9.17) is 10.5 Å². The van der Waals surface area contributed by atoms with E-state index in [1.165, 1.54) is 4.70 Å². The van der Waals surface area contributed by atoms with Crippen molar-refractivity contribution in [3.05, 3.63) is 47.3 Å². The molecule has 6 heteroatoms. The van der Waals surface area contributed by atoms with E-state index in [9.17, 15) is 9.90 Å². The molecule has 0 bridgehead atoms. The van der Waals surface area contributed by atoms with Gasteiger partial charge in [0.25, 0.3) is 0 Å². The van der Waals surface area contributed by atoms with Crippen molar-refractivity contribution in [2.24, 2.45) is 5.73 Å². The molecule has 4 rings (SSSR count). The van der Waals surface area contributed by atoms with Crippen molar-refractivity contribution in [3.63, 3.8) is 0 Å². The van der Waals surface area contributed by atoms with E-state index in [1.807, 2.05) is 18.2 Å². The summed E-state index contributed by atoms with van der Waals surface area (Å²) in [7, 11) is 0. The molecule has 0 fully saturated rings. The highest BCUT2D eigenvalue weighted by Crippen LogP contribution is 2.41. The smallest absolute Gasteiger partial charge is 0.236 e. The van der Waals surface area contributed by atoms with Gasteiger partial charge < -0.3 is 20.5 Å². The third-order valence-electron chi connectivity index (χ3n) is 4.43. The van der Waals surface area contributed by atoms with Crippen LogP contribution in [-0.4, -0.2) is 35.6 Å². The Bertz CT molecular complexity index is 951. The number of hydrogen-bond donors (Lipinski definition) is 2. The number of phenolic OH excluding ortho intramolecular Hbond substituents is 1. The summed E-state index contributed by atoms with van der Waals surface area (Å²) in [5, 5.41) is 13.7. The summed E-state index contributed by atoms with van der Waals surface area (Å²) >= 11 is 1.67. The zero-order valence-electron chi connectivity index (χ0n) is 13.6. The number of fused-ring (bicyclic) bond motifs is 2. The summed E-state index contributed by atoms with van der Waals surface area (Å²) in [6.45, 7) is 1.15. The molecule has 1 aliphatic rings. The number of hydrogen-bond acceptors (Lipinski definition) is 5. The molecule has 128 valence electrons. The molecular weight excluding hydrogens is 336 g/mol. The van der Waals surface area contributed by atoms with Crippen LogP contribution in [0.4, 0.5) is 0 Å². The first kappa shape index (κ1) is 15.9. The number of thiophene rings is 1. The van der Waals surface area contributed by atoms with Crippen molar-refractivity contribution >= 4 is 27.3 Å². The molecule has 2 aromatic carbocycles. The molecule has 0 saturated heterocycles. The second-order valence-electron chi connectivity index (χ2n) is 6.00. The van der Waals surface area contributed by atoms with Gasteiger partial charge in [0.15, 0.2) is 11.5 Å². The number of aromatic hydroxyl groups is 1. The van der Waals surface area contributed by atoms with E-state index >= 15 is 0 Å². The van der Waals surface area contributed by atoms with Gasteiger partial charge in [0.1, 0.15) is 6.61 Å². The molecule has 3 N–H and O–H groups in total. The van der Waals surface area contributed by atoms with Crippen LogP contribution in [0, 0.1) is 0 Å².